The largest absolute Gasteiger partial charge is 0.452 e. The van der Waals surface area contributed by atoms with E-state index in [9.17, 15) is 14.4 Å². The number of carbonyl (C=O) groups is 3. The van der Waals surface area contributed by atoms with Crippen LogP contribution in [0.4, 0.5) is 5.69 Å². The molecule has 7 heteroatoms. The van der Waals surface area contributed by atoms with Gasteiger partial charge in [0.15, 0.2) is 6.61 Å². The monoisotopic (exact) mass is 432 g/mol. The molecule has 0 bridgehead atoms. The first-order valence-electron chi connectivity index (χ1n) is 10.5. The van der Waals surface area contributed by atoms with E-state index in [4.69, 9.17) is 9.47 Å². The first-order valence-corrected chi connectivity index (χ1v) is 10.5. The molecule has 0 spiro atoms. The Morgan fingerprint density at radius 2 is 1.62 bits per heavy atom. The molecule has 0 radical (unpaired) electrons. The maximum absolute atomic E-state index is 12.7. The summed E-state index contributed by atoms with van der Waals surface area (Å²) in [6.07, 6.45) is 0.167. The lowest BCUT2D eigenvalue weighted by Crippen LogP contribution is -2.42. The zero-order valence-corrected chi connectivity index (χ0v) is 17.6. The first kappa shape index (κ1) is 21.5. The SMILES string of the molecule is O=C(Cc1cccc2ccccc12)Nc1ccccc1C(=O)OCC(=O)N1CCOCC1. The number of amides is 2. The number of morpholine rings is 1. The lowest BCUT2D eigenvalue weighted by Gasteiger charge is -2.26. The molecule has 0 unspecified atom stereocenters. The Bertz CT molecular complexity index is 1130. The molecule has 1 fully saturated rings. The molecule has 1 saturated heterocycles. The molecule has 0 atom stereocenters. The van der Waals surface area contributed by atoms with Crippen LogP contribution in [0.5, 0.6) is 0 Å². The minimum Gasteiger partial charge on any atom is -0.452 e. The topological polar surface area (TPSA) is 84.9 Å². The Morgan fingerprint density at radius 1 is 0.906 bits per heavy atom. The van der Waals surface area contributed by atoms with Gasteiger partial charge in [-0.2, -0.15) is 0 Å². The van der Waals surface area contributed by atoms with Gasteiger partial charge < -0.3 is 19.7 Å². The number of hydrogen-bond donors (Lipinski definition) is 1. The van der Waals surface area contributed by atoms with Gasteiger partial charge in [-0.3, -0.25) is 9.59 Å². The molecule has 7 nitrogen and oxygen atoms in total. The summed E-state index contributed by atoms with van der Waals surface area (Å²) in [5.74, 6) is -1.17. The minimum atomic E-state index is -0.660. The molecule has 32 heavy (non-hydrogen) atoms. The van der Waals surface area contributed by atoms with E-state index >= 15 is 0 Å². The lowest BCUT2D eigenvalue weighted by atomic mass is 10.0. The third-order valence-electron chi connectivity index (χ3n) is 5.34. The number of hydrogen-bond acceptors (Lipinski definition) is 5. The van der Waals surface area contributed by atoms with E-state index in [1.807, 2.05) is 42.5 Å². The van der Waals surface area contributed by atoms with Gasteiger partial charge in [0.2, 0.25) is 5.91 Å². The summed E-state index contributed by atoms with van der Waals surface area (Å²) < 4.78 is 10.4. The van der Waals surface area contributed by atoms with Crippen LogP contribution < -0.4 is 5.32 Å². The highest BCUT2D eigenvalue weighted by Gasteiger charge is 2.20. The smallest absolute Gasteiger partial charge is 0.340 e. The van der Waals surface area contributed by atoms with Crippen molar-refractivity contribution < 1.29 is 23.9 Å². The van der Waals surface area contributed by atoms with Crippen LogP contribution in [0.15, 0.2) is 66.7 Å². The Balaban J connectivity index is 1.40. The Kier molecular flexibility index (Phi) is 6.77. The highest BCUT2D eigenvalue weighted by atomic mass is 16.5. The maximum Gasteiger partial charge on any atom is 0.340 e. The summed E-state index contributed by atoms with van der Waals surface area (Å²) in [6, 6.07) is 20.3. The van der Waals surface area contributed by atoms with Gasteiger partial charge in [-0.15, -0.1) is 0 Å². The summed E-state index contributed by atoms with van der Waals surface area (Å²) >= 11 is 0. The van der Waals surface area contributed by atoms with Gasteiger partial charge in [-0.1, -0.05) is 54.6 Å². The number of rotatable bonds is 6. The number of esters is 1. The molecular formula is C25H24N2O5. The zero-order chi connectivity index (χ0) is 22.3. The number of para-hydroxylation sites is 1. The van der Waals surface area contributed by atoms with Crippen molar-refractivity contribution in [2.24, 2.45) is 0 Å². The molecule has 1 aliphatic rings. The van der Waals surface area contributed by atoms with Gasteiger partial charge >= 0.3 is 5.97 Å². The van der Waals surface area contributed by atoms with Crippen LogP contribution in [0.25, 0.3) is 10.8 Å². The molecule has 0 saturated carbocycles. The third kappa shape index (κ3) is 5.12. The standard InChI is InChI=1S/C25H24N2O5/c28-23(16-19-8-5-7-18-6-1-2-9-20(18)19)26-22-11-4-3-10-21(22)25(30)32-17-24(29)27-12-14-31-15-13-27/h1-11H,12-17H2,(H,26,28). The molecule has 0 aliphatic carbocycles. The van der Waals surface area contributed by atoms with Gasteiger partial charge in [0, 0.05) is 13.1 Å². The number of ether oxygens (including phenoxy) is 2. The van der Waals surface area contributed by atoms with E-state index in [2.05, 4.69) is 5.32 Å². The molecule has 1 N–H and O–H groups in total. The van der Waals surface area contributed by atoms with E-state index in [-0.39, 0.29) is 30.4 Å². The summed E-state index contributed by atoms with van der Waals surface area (Å²) in [5.41, 5.74) is 1.45. The van der Waals surface area contributed by atoms with Crippen molar-refractivity contribution >= 4 is 34.2 Å². The van der Waals surface area contributed by atoms with Crippen molar-refractivity contribution in [2.75, 3.05) is 38.2 Å². The van der Waals surface area contributed by atoms with E-state index in [0.717, 1.165) is 16.3 Å². The molecule has 1 heterocycles. The molecule has 164 valence electrons. The Hall–Kier alpha value is -3.71. The number of benzene rings is 3. The third-order valence-corrected chi connectivity index (χ3v) is 5.34. The molecular weight excluding hydrogens is 408 g/mol. The van der Waals surface area contributed by atoms with Gasteiger partial charge in [0.05, 0.1) is 30.9 Å². The number of nitrogens with zero attached hydrogens (tertiary/aromatic N) is 1. The second-order valence-electron chi connectivity index (χ2n) is 7.48. The van der Waals surface area contributed by atoms with Crippen molar-refractivity contribution in [3.63, 3.8) is 0 Å². The quantitative estimate of drug-likeness (QED) is 0.606. The minimum absolute atomic E-state index is 0.167. The molecule has 1 aliphatic heterocycles. The van der Waals surface area contributed by atoms with Crippen LogP contribution in [0, 0.1) is 0 Å². The fourth-order valence-corrected chi connectivity index (χ4v) is 3.69. The molecule has 3 aromatic rings. The summed E-state index contributed by atoms with van der Waals surface area (Å²) in [6.45, 7) is 1.57. The molecule has 0 aromatic heterocycles. The first-order chi connectivity index (χ1) is 15.6. The second-order valence-corrected chi connectivity index (χ2v) is 7.48. The van der Waals surface area contributed by atoms with Gasteiger partial charge in [0.25, 0.3) is 5.91 Å². The number of nitrogens with one attached hydrogen (secondary N) is 1. The highest BCUT2D eigenvalue weighted by molar-refractivity contribution is 6.03. The summed E-state index contributed by atoms with van der Waals surface area (Å²) in [7, 11) is 0. The van der Waals surface area contributed by atoms with Crippen LogP contribution in [0.3, 0.4) is 0 Å². The molecule has 4 rings (SSSR count). The summed E-state index contributed by atoms with van der Waals surface area (Å²) in [4.78, 5) is 39.2. The average Bonchev–Trinajstić information content (AvgIpc) is 2.83. The highest BCUT2D eigenvalue weighted by Crippen LogP contribution is 2.21. The summed E-state index contributed by atoms with van der Waals surface area (Å²) in [5, 5.41) is 4.88. The number of fused-ring (bicyclic) bond motifs is 1. The van der Waals surface area contributed by atoms with Crippen LogP contribution in [-0.4, -0.2) is 55.6 Å². The van der Waals surface area contributed by atoms with Crippen LogP contribution >= 0.6 is 0 Å². The van der Waals surface area contributed by atoms with Crippen LogP contribution in [-0.2, 0) is 25.5 Å². The van der Waals surface area contributed by atoms with Crippen LogP contribution in [0.1, 0.15) is 15.9 Å². The van der Waals surface area contributed by atoms with E-state index in [1.165, 1.54) is 0 Å². The fraction of sp³-hybridized carbons (Fsp3) is 0.240. The van der Waals surface area contributed by atoms with E-state index in [0.29, 0.717) is 32.0 Å². The lowest BCUT2D eigenvalue weighted by molar-refractivity contribution is -0.138. The normalized spacial score (nSPS) is 13.6. The average molecular weight is 432 g/mol. The maximum atomic E-state index is 12.7. The van der Waals surface area contributed by atoms with Crippen LogP contribution in [0.2, 0.25) is 0 Å². The number of carbonyl (C=O) groups excluding carboxylic acids is 3. The van der Waals surface area contributed by atoms with Crippen molar-refractivity contribution in [1.82, 2.24) is 4.90 Å². The zero-order valence-electron chi connectivity index (χ0n) is 17.6. The van der Waals surface area contributed by atoms with Crippen molar-refractivity contribution in [3.8, 4) is 0 Å². The number of anilines is 1. The van der Waals surface area contributed by atoms with Gasteiger partial charge in [-0.05, 0) is 28.5 Å². The van der Waals surface area contributed by atoms with Crippen molar-refractivity contribution in [2.45, 2.75) is 6.42 Å². The molecule has 3 aromatic carbocycles. The van der Waals surface area contributed by atoms with Gasteiger partial charge in [0.1, 0.15) is 0 Å². The molecule has 2 amide bonds. The Labute approximate surface area is 185 Å². The predicted octanol–water partition coefficient (Wildman–Crippen LogP) is 3.04. The van der Waals surface area contributed by atoms with Gasteiger partial charge in [-0.25, -0.2) is 4.79 Å². The van der Waals surface area contributed by atoms with E-state index in [1.54, 1.807) is 29.2 Å². The Morgan fingerprint density at radius 3 is 2.47 bits per heavy atom. The predicted molar refractivity (Wildman–Crippen MR) is 120 cm³/mol. The van der Waals surface area contributed by atoms with Crippen molar-refractivity contribution in [3.05, 3.63) is 77.9 Å². The second kappa shape index (κ2) is 10.1. The van der Waals surface area contributed by atoms with Crippen molar-refractivity contribution in [1.29, 1.82) is 0 Å². The fourth-order valence-electron chi connectivity index (χ4n) is 3.69. The van der Waals surface area contributed by atoms with E-state index < -0.39 is 5.97 Å².